The van der Waals surface area contributed by atoms with E-state index in [0.29, 0.717) is 12.1 Å². The first kappa shape index (κ1) is 16.6. The molecule has 27 heavy (non-hydrogen) atoms. The first-order valence-electron chi connectivity index (χ1n) is 8.32. The highest BCUT2D eigenvalue weighted by atomic mass is 16.2. The minimum atomic E-state index is -0.558. The molecule has 9 heteroatoms. The molecule has 0 saturated carbocycles. The van der Waals surface area contributed by atoms with Crippen LogP contribution in [0.2, 0.25) is 0 Å². The highest BCUT2D eigenvalue weighted by Crippen LogP contribution is 2.17. The second-order valence-corrected chi connectivity index (χ2v) is 5.87. The third-order valence-electron chi connectivity index (χ3n) is 4.08. The highest BCUT2D eigenvalue weighted by molar-refractivity contribution is 5.93. The minimum absolute atomic E-state index is 0.195. The molecule has 1 amide bonds. The molecule has 0 aliphatic rings. The monoisotopic (exact) mass is 360 g/mol. The molecular formula is C18H16N8O. The van der Waals surface area contributed by atoms with Crippen molar-refractivity contribution in [3.05, 3.63) is 79.1 Å². The van der Waals surface area contributed by atoms with Crippen LogP contribution in [0.4, 0.5) is 5.69 Å². The molecule has 134 valence electrons. The smallest absolute Gasteiger partial charge is 0.249 e. The van der Waals surface area contributed by atoms with E-state index < -0.39 is 6.04 Å². The Balaban J connectivity index is 1.51. The summed E-state index contributed by atoms with van der Waals surface area (Å²) in [5.41, 5.74) is 2.55. The molecular weight excluding hydrogens is 344 g/mol. The number of rotatable bonds is 6. The molecule has 0 saturated heterocycles. The zero-order valence-electron chi connectivity index (χ0n) is 14.3. The summed E-state index contributed by atoms with van der Waals surface area (Å²) >= 11 is 0. The maximum absolute atomic E-state index is 12.9. The second-order valence-electron chi connectivity index (χ2n) is 5.87. The molecule has 2 heterocycles. The van der Waals surface area contributed by atoms with Gasteiger partial charge in [-0.3, -0.25) is 4.79 Å². The zero-order valence-corrected chi connectivity index (χ0v) is 14.3. The number of nitrogens with one attached hydrogen (secondary N) is 1. The number of carbonyl (C=O) groups is 1. The number of anilines is 1. The molecule has 0 bridgehead atoms. The summed E-state index contributed by atoms with van der Waals surface area (Å²) in [6, 6.07) is 16.5. The van der Waals surface area contributed by atoms with Gasteiger partial charge in [0.15, 0.2) is 0 Å². The fraction of sp³-hybridized carbons (Fsp3) is 0.111. The average molecular weight is 360 g/mol. The maximum Gasteiger partial charge on any atom is 0.249 e. The lowest BCUT2D eigenvalue weighted by Crippen LogP contribution is -2.28. The average Bonchev–Trinajstić information content (AvgIpc) is 3.41. The van der Waals surface area contributed by atoms with E-state index in [1.165, 1.54) is 17.3 Å². The molecule has 1 atom stereocenters. The van der Waals surface area contributed by atoms with Crippen molar-refractivity contribution >= 4 is 11.6 Å². The van der Waals surface area contributed by atoms with Gasteiger partial charge in [-0.25, -0.2) is 14.3 Å². The summed E-state index contributed by atoms with van der Waals surface area (Å²) in [5, 5.41) is 18.2. The van der Waals surface area contributed by atoms with Gasteiger partial charge in [-0.05, 0) is 40.3 Å². The lowest BCUT2D eigenvalue weighted by atomic mass is 10.1. The van der Waals surface area contributed by atoms with Crippen molar-refractivity contribution in [2.24, 2.45) is 0 Å². The first-order chi connectivity index (χ1) is 13.3. The van der Waals surface area contributed by atoms with Gasteiger partial charge in [-0.2, -0.15) is 5.10 Å². The van der Waals surface area contributed by atoms with Gasteiger partial charge in [-0.15, -0.1) is 5.10 Å². The lowest BCUT2D eigenvalue weighted by Gasteiger charge is -2.16. The Labute approximate surface area is 154 Å². The van der Waals surface area contributed by atoms with Crippen LogP contribution in [0.3, 0.4) is 0 Å². The van der Waals surface area contributed by atoms with E-state index in [2.05, 4.69) is 30.9 Å². The van der Waals surface area contributed by atoms with Crippen molar-refractivity contribution in [1.29, 1.82) is 0 Å². The Hall–Kier alpha value is -3.88. The Morgan fingerprint density at radius 1 is 1.04 bits per heavy atom. The number of nitrogens with zero attached hydrogens (tertiary/aromatic N) is 7. The number of tetrazole rings is 1. The summed E-state index contributed by atoms with van der Waals surface area (Å²) in [6.07, 6.45) is 5.01. The maximum atomic E-state index is 12.9. The van der Waals surface area contributed by atoms with E-state index >= 15 is 0 Å². The summed E-state index contributed by atoms with van der Waals surface area (Å²) < 4.78 is 3.11. The van der Waals surface area contributed by atoms with E-state index in [1.807, 2.05) is 54.6 Å². The Bertz CT molecular complexity index is 982. The molecule has 4 rings (SSSR count). The van der Waals surface area contributed by atoms with Crippen LogP contribution < -0.4 is 5.32 Å². The lowest BCUT2D eigenvalue weighted by molar-refractivity contribution is -0.119. The molecule has 2 aromatic heterocycles. The predicted molar refractivity (Wildman–Crippen MR) is 97.0 cm³/mol. The summed E-state index contributed by atoms with van der Waals surface area (Å²) in [4.78, 5) is 16.8. The molecule has 1 unspecified atom stereocenters. The van der Waals surface area contributed by atoms with Crippen LogP contribution in [0.5, 0.6) is 0 Å². The van der Waals surface area contributed by atoms with Crippen molar-refractivity contribution in [3.8, 4) is 5.69 Å². The van der Waals surface area contributed by atoms with Gasteiger partial charge in [0.25, 0.3) is 0 Å². The van der Waals surface area contributed by atoms with E-state index in [9.17, 15) is 4.79 Å². The van der Waals surface area contributed by atoms with Crippen molar-refractivity contribution in [2.75, 3.05) is 5.32 Å². The van der Waals surface area contributed by atoms with Crippen molar-refractivity contribution in [2.45, 2.75) is 12.5 Å². The molecule has 4 aromatic rings. The number of amides is 1. The van der Waals surface area contributed by atoms with Crippen LogP contribution >= 0.6 is 0 Å². The number of carbonyl (C=O) groups excluding carboxylic acids is 1. The fourth-order valence-electron chi connectivity index (χ4n) is 2.72. The quantitative estimate of drug-likeness (QED) is 0.561. The predicted octanol–water partition coefficient (Wildman–Crippen LogP) is 1.68. The normalized spacial score (nSPS) is 11.9. The topological polar surface area (TPSA) is 103 Å². The molecule has 0 spiro atoms. The van der Waals surface area contributed by atoms with Crippen LogP contribution in [0.15, 0.2) is 73.6 Å². The standard InChI is InChI=1S/C18H16N8O/c27-18(22-15-6-8-16(9-7-15)25-12-19-11-21-25)17(26-13-20-23-24-26)10-14-4-2-1-3-5-14/h1-9,11-13,17H,10H2,(H,22,27). The molecule has 0 aliphatic carbocycles. The minimum Gasteiger partial charge on any atom is -0.324 e. The largest absolute Gasteiger partial charge is 0.324 e. The van der Waals surface area contributed by atoms with E-state index in [-0.39, 0.29) is 5.91 Å². The molecule has 0 aliphatic heterocycles. The molecule has 0 radical (unpaired) electrons. The van der Waals surface area contributed by atoms with Crippen molar-refractivity contribution in [1.82, 2.24) is 35.0 Å². The van der Waals surface area contributed by atoms with E-state index in [4.69, 9.17) is 0 Å². The van der Waals surface area contributed by atoms with Gasteiger partial charge in [0.1, 0.15) is 25.0 Å². The Morgan fingerprint density at radius 3 is 2.52 bits per heavy atom. The molecule has 2 aromatic carbocycles. The van der Waals surface area contributed by atoms with Crippen LogP contribution in [0.1, 0.15) is 11.6 Å². The Morgan fingerprint density at radius 2 is 1.85 bits per heavy atom. The summed E-state index contributed by atoms with van der Waals surface area (Å²) in [6.45, 7) is 0. The van der Waals surface area contributed by atoms with Gasteiger partial charge in [0, 0.05) is 12.1 Å². The third-order valence-corrected chi connectivity index (χ3v) is 4.08. The van der Waals surface area contributed by atoms with Crippen LogP contribution in [-0.4, -0.2) is 40.9 Å². The number of benzene rings is 2. The molecule has 0 fully saturated rings. The van der Waals surface area contributed by atoms with E-state index in [1.54, 1.807) is 11.0 Å². The third kappa shape index (κ3) is 3.87. The Kier molecular flexibility index (Phi) is 4.64. The molecule has 9 nitrogen and oxygen atoms in total. The SMILES string of the molecule is O=C(Nc1ccc(-n2cncn2)cc1)C(Cc1ccccc1)n1cnnn1. The first-order valence-corrected chi connectivity index (χ1v) is 8.32. The van der Waals surface area contributed by atoms with Crippen molar-refractivity contribution in [3.63, 3.8) is 0 Å². The number of hydrogen-bond donors (Lipinski definition) is 1. The molecule has 1 N–H and O–H groups in total. The zero-order chi connectivity index (χ0) is 18.5. The van der Waals surface area contributed by atoms with Gasteiger partial charge >= 0.3 is 0 Å². The van der Waals surface area contributed by atoms with Crippen LogP contribution in [0.25, 0.3) is 5.69 Å². The second kappa shape index (κ2) is 7.56. The van der Waals surface area contributed by atoms with Crippen LogP contribution in [-0.2, 0) is 11.2 Å². The van der Waals surface area contributed by atoms with Crippen molar-refractivity contribution < 1.29 is 4.79 Å². The van der Waals surface area contributed by atoms with Gasteiger partial charge in [-0.1, -0.05) is 30.3 Å². The highest BCUT2D eigenvalue weighted by Gasteiger charge is 2.22. The van der Waals surface area contributed by atoms with E-state index in [0.717, 1.165) is 11.3 Å². The van der Waals surface area contributed by atoms with Crippen LogP contribution in [0, 0.1) is 0 Å². The van der Waals surface area contributed by atoms with Gasteiger partial charge < -0.3 is 5.32 Å². The number of hydrogen-bond acceptors (Lipinski definition) is 6. The number of aromatic nitrogens is 7. The summed E-state index contributed by atoms with van der Waals surface area (Å²) in [5.74, 6) is -0.195. The van der Waals surface area contributed by atoms with Gasteiger partial charge in [0.2, 0.25) is 5.91 Å². The summed E-state index contributed by atoms with van der Waals surface area (Å²) in [7, 11) is 0. The fourth-order valence-corrected chi connectivity index (χ4v) is 2.72. The van der Waals surface area contributed by atoms with Gasteiger partial charge in [0.05, 0.1) is 5.69 Å².